The summed E-state index contributed by atoms with van der Waals surface area (Å²) < 4.78 is 0. The molecule has 0 heterocycles. The Hall–Kier alpha value is -2.36. The highest BCUT2D eigenvalue weighted by molar-refractivity contribution is 6.35. The number of benzene rings is 1. The predicted molar refractivity (Wildman–Crippen MR) is 81.9 cm³/mol. The van der Waals surface area contributed by atoms with Crippen molar-refractivity contribution in [3.63, 3.8) is 0 Å². The first-order chi connectivity index (χ1) is 10.3. The van der Waals surface area contributed by atoms with Crippen LogP contribution in [-0.2, 0) is 19.2 Å². The maximum atomic E-state index is 12.4. The Balaban J connectivity index is 2.28. The van der Waals surface area contributed by atoms with Crippen LogP contribution in [0.4, 0.5) is 0 Å². The average Bonchev–Trinajstić information content (AvgIpc) is 2.51. The number of ketones is 4. The Labute approximate surface area is 129 Å². The van der Waals surface area contributed by atoms with Crippen LogP contribution in [0.15, 0.2) is 36.4 Å². The molecule has 0 spiro atoms. The summed E-state index contributed by atoms with van der Waals surface area (Å²) >= 11 is 0. The molecule has 0 aromatic heterocycles. The van der Waals surface area contributed by atoms with Crippen molar-refractivity contribution >= 4 is 29.2 Å². The zero-order chi connectivity index (χ0) is 16.5. The van der Waals surface area contributed by atoms with E-state index in [1.807, 2.05) is 30.3 Å². The van der Waals surface area contributed by atoms with Crippen LogP contribution in [0.3, 0.4) is 0 Å². The molecular formula is C18H18O4. The summed E-state index contributed by atoms with van der Waals surface area (Å²) in [6, 6.07) is 9.12. The lowest BCUT2D eigenvalue weighted by atomic mass is 9.64. The second kappa shape index (κ2) is 5.79. The minimum atomic E-state index is -1.37. The van der Waals surface area contributed by atoms with E-state index in [9.17, 15) is 19.2 Å². The third kappa shape index (κ3) is 2.69. The van der Waals surface area contributed by atoms with Gasteiger partial charge in [0.25, 0.3) is 0 Å². The molecule has 4 heteroatoms. The molecule has 1 aliphatic carbocycles. The third-order valence-electron chi connectivity index (χ3n) is 4.12. The minimum absolute atomic E-state index is 0.418. The summed E-state index contributed by atoms with van der Waals surface area (Å²) in [5, 5.41) is 0. The Morgan fingerprint density at radius 3 is 2.23 bits per heavy atom. The first-order valence-electron chi connectivity index (χ1n) is 7.16. The smallest absolute Gasteiger partial charge is 0.173 e. The molecule has 22 heavy (non-hydrogen) atoms. The molecule has 1 aliphatic rings. The van der Waals surface area contributed by atoms with Crippen LogP contribution in [0, 0.1) is 17.3 Å². The van der Waals surface area contributed by atoms with Gasteiger partial charge in [-0.2, -0.15) is 0 Å². The monoisotopic (exact) mass is 298 g/mol. The number of carbonyl (C=O) groups excluding carboxylic acids is 4. The quantitative estimate of drug-likeness (QED) is 0.634. The molecule has 114 valence electrons. The van der Waals surface area contributed by atoms with Gasteiger partial charge in [-0.15, -0.1) is 0 Å². The van der Waals surface area contributed by atoms with Gasteiger partial charge in [-0.1, -0.05) is 36.4 Å². The normalized spacial score (nSPS) is 24.8. The first-order valence-corrected chi connectivity index (χ1v) is 7.16. The van der Waals surface area contributed by atoms with E-state index in [0.29, 0.717) is 0 Å². The summed E-state index contributed by atoms with van der Waals surface area (Å²) in [6.45, 7) is 4.41. The number of Topliss-reactive ketones (excluding diaryl/α,β-unsaturated/α-hetero) is 3. The van der Waals surface area contributed by atoms with Gasteiger partial charge in [0.15, 0.2) is 23.1 Å². The van der Waals surface area contributed by atoms with Crippen molar-refractivity contribution in [2.75, 3.05) is 0 Å². The van der Waals surface area contributed by atoms with Crippen LogP contribution in [0.5, 0.6) is 0 Å². The van der Waals surface area contributed by atoms with Crippen LogP contribution in [0.1, 0.15) is 26.3 Å². The molecule has 1 aromatic rings. The highest BCUT2D eigenvalue weighted by Crippen LogP contribution is 2.34. The summed E-state index contributed by atoms with van der Waals surface area (Å²) in [4.78, 5) is 48.9. The van der Waals surface area contributed by atoms with Crippen molar-refractivity contribution in [2.24, 2.45) is 17.3 Å². The molecule has 0 bridgehead atoms. The summed E-state index contributed by atoms with van der Waals surface area (Å²) in [6.07, 6.45) is 2.81. The zero-order valence-electron chi connectivity index (χ0n) is 12.8. The number of rotatable bonds is 3. The van der Waals surface area contributed by atoms with E-state index in [1.54, 1.807) is 6.08 Å². The molecule has 2 atom stereocenters. The van der Waals surface area contributed by atoms with E-state index >= 15 is 0 Å². The van der Waals surface area contributed by atoms with Crippen LogP contribution in [0.2, 0.25) is 0 Å². The molecule has 1 saturated carbocycles. The molecule has 0 amide bonds. The summed E-state index contributed by atoms with van der Waals surface area (Å²) in [5.41, 5.74) is -0.497. The fourth-order valence-electron chi connectivity index (χ4n) is 2.64. The fraction of sp³-hybridized carbons (Fsp3) is 0.333. The lowest BCUT2D eigenvalue weighted by Crippen LogP contribution is -2.54. The Kier molecular flexibility index (Phi) is 4.22. The van der Waals surface area contributed by atoms with E-state index in [2.05, 4.69) is 0 Å². The van der Waals surface area contributed by atoms with Gasteiger partial charge in [-0.3, -0.25) is 19.2 Å². The van der Waals surface area contributed by atoms with Gasteiger partial charge < -0.3 is 0 Å². The molecular weight excluding hydrogens is 280 g/mol. The lowest BCUT2D eigenvalue weighted by molar-refractivity contribution is -0.155. The van der Waals surface area contributed by atoms with Crippen molar-refractivity contribution in [1.82, 2.24) is 0 Å². The Morgan fingerprint density at radius 2 is 1.64 bits per heavy atom. The average molecular weight is 298 g/mol. The molecule has 0 N–H and O–H groups in total. The van der Waals surface area contributed by atoms with Crippen molar-refractivity contribution in [3.8, 4) is 0 Å². The highest BCUT2D eigenvalue weighted by atomic mass is 16.2. The molecule has 2 rings (SSSR count). The highest BCUT2D eigenvalue weighted by Gasteiger charge is 2.53. The van der Waals surface area contributed by atoms with Crippen molar-refractivity contribution in [1.29, 1.82) is 0 Å². The van der Waals surface area contributed by atoms with Gasteiger partial charge in [0.1, 0.15) is 5.92 Å². The predicted octanol–water partition coefficient (Wildman–Crippen LogP) is 2.27. The molecule has 2 unspecified atom stereocenters. The van der Waals surface area contributed by atoms with E-state index in [0.717, 1.165) is 5.56 Å². The molecule has 0 saturated heterocycles. The van der Waals surface area contributed by atoms with E-state index < -0.39 is 40.4 Å². The molecule has 0 radical (unpaired) electrons. The van der Waals surface area contributed by atoms with Crippen LogP contribution >= 0.6 is 0 Å². The van der Waals surface area contributed by atoms with Crippen LogP contribution < -0.4 is 0 Å². The van der Waals surface area contributed by atoms with Crippen molar-refractivity contribution in [2.45, 2.75) is 20.8 Å². The maximum Gasteiger partial charge on any atom is 0.173 e. The molecule has 4 nitrogen and oxygen atoms in total. The van der Waals surface area contributed by atoms with Gasteiger partial charge in [-0.25, -0.2) is 0 Å². The van der Waals surface area contributed by atoms with Gasteiger partial charge in [0.2, 0.25) is 0 Å². The van der Waals surface area contributed by atoms with Gasteiger partial charge >= 0.3 is 0 Å². The Bertz CT molecular complexity index is 668. The number of hydrogen-bond acceptors (Lipinski definition) is 4. The zero-order valence-corrected chi connectivity index (χ0v) is 12.8. The summed E-state index contributed by atoms with van der Waals surface area (Å²) in [5.74, 6) is -4.49. The SMILES string of the molecule is CC1C(=O)C(C(=O)C=Cc2ccccc2)C(=O)C(C)(C)C1=O. The molecule has 1 aromatic carbocycles. The van der Waals surface area contributed by atoms with E-state index in [1.165, 1.54) is 26.8 Å². The number of allylic oxidation sites excluding steroid dienone is 1. The van der Waals surface area contributed by atoms with Gasteiger partial charge in [-0.05, 0) is 32.4 Å². The lowest BCUT2D eigenvalue weighted by Gasteiger charge is -2.33. The molecule has 0 aliphatic heterocycles. The van der Waals surface area contributed by atoms with Gasteiger partial charge in [0.05, 0.1) is 11.3 Å². The van der Waals surface area contributed by atoms with Gasteiger partial charge in [0, 0.05) is 0 Å². The number of hydrogen-bond donors (Lipinski definition) is 0. The number of carbonyl (C=O) groups is 4. The molecule has 1 fully saturated rings. The van der Waals surface area contributed by atoms with Crippen molar-refractivity contribution in [3.05, 3.63) is 42.0 Å². The van der Waals surface area contributed by atoms with Crippen molar-refractivity contribution < 1.29 is 19.2 Å². The van der Waals surface area contributed by atoms with E-state index in [-0.39, 0.29) is 0 Å². The maximum absolute atomic E-state index is 12.4. The third-order valence-corrected chi connectivity index (χ3v) is 4.12. The topological polar surface area (TPSA) is 68.3 Å². The first kappa shape index (κ1) is 16.0. The summed E-state index contributed by atoms with van der Waals surface area (Å²) in [7, 11) is 0. The minimum Gasteiger partial charge on any atom is -0.298 e. The second-order valence-electron chi connectivity index (χ2n) is 6.06. The van der Waals surface area contributed by atoms with Crippen LogP contribution in [0.25, 0.3) is 6.08 Å². The standard InChI is InChI=1S/C18H18O4/c1-11-15(20)14(17(22)18(2,3)16(11)21)13(19)10-9-12-7-5-4-6-8-12/h4-11,14H,1-3H3. The fourth-order valence-corrected chi connectivity index (χ4v) is 2.64. The van der Waals surface area contributed by atoms with E-state index in [4.69, 9.17) is 0 Å². The van der Waals surface area contributed by atoms with Crippen LogP contribution in [-0.4, -0.2) is 23.1 Å². The second-order valence-corrected chi connectivity index (χ2v) is 6.06. The largest absolute Gasteiger partial charge is 0.298 e. The Morgan fingerprint density at radius 1 is 1.05 bits per heavy atom.